The average molecular weight is 339 g/mol. The van der Waals surface area contributed by atoms with Crippen LogP contribution in [-0.4, -0.2) is 51.5 Å². The Balaban J connectivity index is 0.00000200. The number of hydrogen-bond acceptors (Lipinski definition) is 5. The molecule has 0 aliphatic carbocycles. The molecule has 0 saturated carbocycles. The molecule has 1 fully saturated rings. The minimum atomic E-state index is -0.900. The van der Waals surface area contributed by atoms with Crippen molar-refractivity contribution in [1.29, 1.82) is 0 Å². The number of halogens is 2. The average Bonchev–Trinajstić information content (AvgIpc) is 2.48. The smallest absolute Gasteiger partial charge is 0.271 e. The van der Waals surface area contributed by atoms with Crippen LogP contribution in [0.1, 0.15) is 5.56 Å². The molecule has 1 aromatic rings. The van der Waals surface area contributed by atoms with E-state index < -0.39 is 5.91 Å². The zero-order valence-electron chi connectivity index (χ0n) is 12.6. The van der Waals surface area contributed by atoms with E-state index in [1.165, 1.54) is 5.56 Å². The normalized spacial score (nSPS) is 21.2. The second-order valence-electron chi connectivity index (χ2n) is 4.52. The molecule has 0 bridgehead atoms. The van der Waals surface area contributed by atoms with Gasteiger partial charge in [0.25, 0.3) is 5.91 Å². The number of hydrogen-bond donors (Lipinski definition) is 1. The molecule has 5 nitrogen and oxygen atoms in total. The van der Waals surface area contributed by atoms with Gasteiger partial charge in [-0.15, -0.1) is 24.8 Å². The summed E-state index contributed by atoms with van der Waals surface area (Å²) in [5, 5.41) is 3.26. The molecule has 0 spiro atoms. The number of ether oxygens (including phenoxy) is 3. The summed E-state index contributed by atoms with van der Waals surface area (Å²) in [6.07, 6.45) is -0.319. The van der Waals surface area contributed by atoms with Gasteiger partial charge in [0.15, 0.2) is 6.23 Å². The summed E-state index contributed by atoms with van der Waals surface area (Å²) in [5.74, 6) is -0.900. The molecule has 122 valence electrons. The van der Waals surface area contributed by atoms with Crippen molar-refractivity contribution in [1.82, 2.24) is 10.2 Å². The summed E-state index contributed by atoms with van der Waals surface area (Å²) in [6, 6.07) is 10.3. The Bertz CT molecular complexity index is 391. The van der Waals surface area contributed by atoms with Crippen molar-refractivity contribution in [2.24, 2.45) is 0 Å². The molecule has 1 atom stereocenters. The van der Waals surface area contributed by atoms with Crippen molar-refractivity contribution < 1.29 is 14.2 Å². The predicted octanol–water partition coefficient (Wildman–Crippen LogP) is 1.85. The van der Waals surface area contributed by atoms with E-state index in [2.05, 4.69) is 22.3 Å². The number of rotatable bonds is 5. The first-order valence-electron chi connectivity index (χ1n) is 6.42. The largest absolute Gasteiger partial charge is 0.359 e. The standard InChI is InChI=1S/C14H22N2O3.2ClH/c1-17-13-14(18-2,19-3)16(10-9-15-13)11-12-7-5-4-6-8-12;;/h4-8,13,15H,9-11H2,1-3H3;2*1H. The third-order valence-electron chi connectivity index (χ3n) is 3.52. The third kappa shape index (κ3) is 4.29. The lowest BCUT2D eigenvalue weighted by molar-refractivity contribution is -0.358. The molecule has 1 unspecified atom stereocenters. The molecule has 21 heavy (non-hydrogen) atoms. The summed E-state index contributed by atoms with van der Waals surface area (Å²) in [4.78, 5) is 2.15. The molecule has 0 amide bonds. The van der Waals surface area contributed by atoms with Crippen molar-refractivity contribution in [3.05, 3.63) is 35.9 Å². The summed E-state index contributed by atoms with van der Waals surface area (Å²) in [5.41, 5.74) is 1.22. The fourth-order valence-electron chi connectivity index (χ4n) is 2.56. The highest BCUT2D eigenvalue weighted by molar-refractivity contribution is 5.85. The monoisotopic (exact) mass is 338 g/mol. The second-order valence-corrected chi connectivity index (χ2v) is 4.52. The van der Waals surface area contributed by atoms with E-state index in [4.69, 9.17) is 14.2 Å². The summed E-state index contributed by atoms with van der Waals surface area (Å²) >= 11 is 0. The van der Waals surface area contributed by atoms with Gasteiger partial charge in [-0.3, -0.25) is 5.32 Å². The summed E-state index contributed by atoms with van der Waals surface area (Å²) < 4.78 is 16.7. The van der Waals surface area contributed by atoms with Crippen LogP contribution in [0.25, 0.3) is 0 Å². The molecule has 0 radical (unpaired) electrons. The quantitative estimate of drug-likeness (QED) is 0.830. The van der Waals surface area contributed by atoms with Crippen molar-refractivity contribution in [3.8, 4) is 0 Å². The molecule has 1 heterocycles. The van der Waals surface area contributed by atoms with Gasteiger partial charge in [-0.2, -0.15) is 0 Å². The van der Waals surface area contributed by atoms with E-state index in [1.807, 2.05) is 18.2 Å². The lowest BCUT2D eigenvalue weighted by Gasteiger charge is -2.48. The molecule has 2 rings (SSSR count). The summed E-state index contributed by atoms with van der Waals surface area (Å²) in [6.45, 7) is 2.42. The second kappa shape index (κ2) is 9.58. The first-order valence-corrected chi connectivity index (χ1v) is 6.42. The van der Waals surface area contributed by atoms with E-state index >= 15 is 0 Å². The fraction of sp³-hybridized carbons (Fsp3) is 0.571. The molecule has 1 aromatic carbocycles. The van der Waals surface area contributed by atoms with Crippen LogP contribution in [0, 0.1) is 0 Å². The number of piperazine rings is 1. The van der Waals surface area contributed by atoms with Gasteiger partial charge >= 0.3 is 0 Å². The van der Waals surface area contributed by atoms with Crippen LogP contribution in [0.2, 0.25) is 0 Å². The molecule has 1 N–H and O–H groups in total. The van der Waals surface area contributed by atoms with Crippen molar-refractivity contribution in [2.45, 2.75) is 18.7 Å². The molecule has 1 aliphatic heterocycles. The van der Waals surface area contributed by atoms with E-state index in [0.717, 1.165) is 19.6 Å². The SMILES string of the molecule is COC1NCCN(Cc2ccccc2)C1(OC)OC.Cl.Cl. The van der Waals surface area contributed by atoms with Gasteiger partial charge < -0.3 is 14.2 Å². The Kier molecular flexibility index (Phi) is 9.40. The van der Waals surface area contributed by atoms with E-state index in [-0.39, 0.29) is 31.0 Å². The minimum absolute atomic E-state index is 0. The number of benzene rings is 1. The Morgan fingerprint density at radius 2 is 1.76 bits per heavy atom. The highest BCUT2D eigenvalue weighted by Crippen LogP contribution is 2.27. The Labute approximate surface area is 138 Å². The van der Waals surface area contributed by atoms with Gasteiger partial charge in [-0.25, -0.2) is 4.90 Å². The number of nitrogens with one attached hydrogen (secondary N) is 1. The Hall–Kier alpha value is -0.400. The highest BCUT2D eigenvalue weighted by atomic mass is 35.5. The number of methoxy groups -OCH3 is 3. The van der Waals surface area contributed by atoms with Crippen LogP contribution < -0.4 is 5.32 Å². The minimum Gasteiger partial charge on any atom is -0.359 e. The van der Waals surface area contributed by atoms with E-state index in [1.54, 1.807) is 21.3 Å². The van der Waals surface area contributed by atoms with Crippen molar-refractivity contribution in [3.63, 3.8) is 0 Å². The Morgan fingerprint density at radius 1 is 1.14 bits per heavy atom. The zero-order chi connectivity index (χ0) is 13.7. The lowest BCUT2D eigenvalue weighted by atomic mass is 10.1. The van der Waals surface area contributed by atoms with Crippen molar-refractivity contribution in [2.75, 3.05) is 34.4 Å². The third-order valence-corrected chi connectivity index (χ3v) is 3.52. The van der Waals surface area contributed by atoms with E-state index in [9.17, 15) is 0 Å². The molecular formula is C14H24Cl2N2O3. The lowest BCUT2D eigenvalue weighted by Crippen LogP contribution is -2.69. The Morgan fingerprint density at radius 3 is 2.29 bits per heavy atom. The molecule has 7 heteroatoms. The predicted molar refractivity (Wildman–Crippen MR) is 86.9 cm³/mol. The summed E-state index contributed by atoms with van der Waals surface area (Å²) in [7, 11) is 4.93. The zero-order valence-corrected chi connectivity index (χ0v) is 14.2. The van der Waals surface area contributed by atoms with Gasteiger partial charge in [0, 0.05) is 41.0 Å². The van der Waals surface area contributed by atoms with Crippen LogP contribution in [0.5, 0.6) is 0 Å². The van der Waals surface area contributed by atoms with E-state index in [0.29, 0.717) is 0 Å². The van der Waals surface area contributed by atoms with Crippen LogP contribution in [0.15, 0.2) is 30.3 Å². The first-order chi connectivity index (χ1) is 9.26. The maximum absolute atomic E-state index is 5.63. The van der Waals surface area contributed by atoms with Crippen LogP contribution in [-0.2, 0) is 20.8 Å². The molecule has 0 aromatic heterocycles. The number of nitrogens with zero attached hydrogens (tertiary/aromatic N) is 1. The molecule has 1 saturated heterocycles. The maximum Gasteiger partial charge on any atom is 0.271 e. The van der Waals surface area contributed by atoms with Crippen LogP contribution >= 0.6 is 24.8 Å². The van der Waals surface area contributed by atoms with Gasteiger partial charge in [-0.05, 0) is 5.56 Å². The van der Waals surface area contributed by atoms with Crippen molar-refractivity contribution >= 4 is 24.8 Å². The maximum atomic E-state index is 5.63. The van der Waals surface area contributed by atoms with Gasteiger partial charge in [0.1, 0.15) is 0 Å². The van der Waals surface area contributed by atoms with Gasteiger partial charge in [0.05, 0.1) is 0 Å². The molecular weight excluding hydrogens is 315 g/mol. The van der Waals surface area contributed by atoms with Crippen LogP contribution in [0.4, 0.5) is 0 Å². The highest BCUT2D eigenvalue weighted by Gasteiger charge is 2.48. The first kappa shape index (κ1) is 20.6. The fourth-order valence-corrected chi connectivity index (χ4v) is 2.56. The van der Waals surface area contributed by atoms with Gasteiger partial charge in [0.2, 0.25) is 0 Å². The topological polar surface area (TPSA) is 43.0 Å². The van der Waals surface area contributed by atoms with Crippen LogP contribution in [0.3, 0.4) is 0 Å². The molecule has 1 aliphatic rings. The van der Waals surface area contributed by atoms with Gasteiger partial charge in [-0.1, -0.05) is 30.3 Å².